The van der Waals surface area contributed by atoms with Crippen molar-refractivity contribution in [3.05, 3.63) is 41.5 Å². The number of hydrogen-bond donors (Lipinski definition) is 1. The molecule has 1 N–H and O–H groups in total. The van der Waals surface area contributed by atoms with Gasteiger partial charge in [-0.25, -0.2) is 9.97 Å². The van der Waals surface area contributed by atoms with Crippen LogP contribution < -0.4 is 10.2 Å². The summed E-state index contributed by atoms with van der Waals surface area (Å²) in [4.78, 5) is 15.5. The van der Waals surface area contributed by atoms with Gasteiger partial charge in [0.15, 0.2) is 0 Å². The first-order valence-electron chi connectivity index (χ1n) is 7.83. The van der Waals surface area contributed by atoms with Crippen LogP contribution in [0.4, 0.5) is 11.6 Å². The van der Waals surface area contributed by atoms with Crippen LogP contribution in [0.25, 0.3) is 0 Å². The molecular formula is C17H20N6. The number of nitriles is 1. The number of rotatable bonds is 3. The van der Waals surface area contributed by atoms with Crippen LogP contribution in [0, 0.1) is 25.2 Å². The molecular weight excluding hydrogens is 288 g/mol. The Hall–Kier alpha value is -2.68. The lowest BCUT2D eigenvalue weighted by Gasteiger charge is -2.33. The molecule has 1 saturated heterocycles. The summed E-state index contributed by atoms with van der Waals surface area (Å²) >= 11 is 0. The Morgan fingerprint density at radius 2 is 1.96 bits per heavy atom. The minimum absolute atomic E-state index is 0.402. The fourth-order valence-corrected chi connectivity index (χ4v) is 2.76. The summed E-state index contributed by atoms with van der Waals surface area (Å²) in [5, 5.41) is 12.3. The van der Waals surface area contributed by atoms with Gasteiger partial charge in [0.05, 0.1) is 17.0 Å². The van der Waals surface area contributed by atoms with Gasteiger partial charge in [0.1, 0.15) is 17.7 Å². The van der Waals surface area contributed by atoms with Gasteiger partial charge in [-0.2, -0.15) is 5.26 Å². The van der Waals surface area contributed by atoms with E-state index >= 15 is 0 Å². The minimum atomic E-state index is 0.402. The van der Waals surface area contributed by atoms with Crippen molar-refractivity contribution >= 4 is 11.6 Å². The maximum atomic E-state index is 8.83. The molecule has 2 aromatic heterocycles. The Balaban J connectivity index is 1.59. The van der Waals surface area contributed by atoms with Crippen LogP contribution in [0.2, 0.25) is 0 Å². The normalized spacial score (nSPS) is 15.3. The molecule has 3 heterocycles. The summed E-state index contributed by atoms with van der Waals surface area (Å²) in [6, 6.07) is 6.24. The molecule has 2 aromatic rings. The van der Waals surface area contributed by atoms with E-state index in [0.717, 1.165) is 49.0 Å². The van der Waals surface area contributed by atoms with Crippen LogP contribution in [-0.2, 0) is 0 Å². The van der Waals surface area contributed by atoms with E-state index in [9.17, 15) is 0 Å². The molecule has 3 rings (SSSR count). The summed E-state index contributed by atoms with van der Waals surface area (Å²) in [5.41, 5.74) is 2.46. The summed E-state index contributed by atoms with van der Waals surface area (Å²) < 4.78 is 0. The van der Waals surface area contributed by atoms with Gasteiger partial charge in [-0.3, -0.25) is 4.98 Å². The van der Waals surface area contributed by atoms with Crippen LogP contribution >= 0.6 is 0 Å². The zero-order valence-corrected chi connectivity index (χ0v) is 13.5. The molecule has 118 valence electrons. The average Bonchev–Trinajstić information content (AvgIpc) is 2.59. The summed E-state index contributed by atoms with van der Waals surface area (Å²) in [5.74, 6) is 1.83. The number of nitrogens with one attached hydrogen (secondary N) is 1. The van der Waals surface area contributed by atoms with E-state index in [1.165, 1.54) is 0 Å². The summed E-state index contributed by atoms with van der Waals surface area (Å²) in [6.07, 6.45) is 5.47. The predicted molar refractivity (Wildman–Crippen MR) is 89.3 cm³/mol. The predicted octanol–water partition coefficient (Wildman–Crippen LogP) is 2.44. The second-order valence-corrected chi connectivity index (χ2v) is 5.87. The van der Waals surface area contributed by atoms with E-state index in [1.807, 2.05) is 26.0 Å². The molecule has 6 nitrogen and oxygen atoms in total. The van der Waals surface area contributed by atoms with Crippen LogP contribution in [0.3, 0.4) is 0 Å². The molecule has 0 aliphatic carbocycles. The minimum Gasteiger partial charge on any atom is -0.366 e. The van der Waals surface area contributed by atoms with Crippen molar-refractivity contribution in [1.82, 2.24) is 15.0 Å². The molecule has 0 saturated carbocycles. The third-order valence-corrected chi connectivity index (χ3v) is 4.11. The lowest BCUT2D eigenvalue weighted by molar-refractivity contribution is 0.522. The molecule has 1 aliphatic heterocycles. The van der Waals surface area contributed by atoms with Crippen molar-refractivity contribution in [3.8, 4) is 6.07 Å². The van der Waals surface area contributed by atoms with E-state index in [1.54, 1.807) is 12.4 Å². The van der Waals surface area contributed by atoms with Crippen LogP contribution in [0.5, 0.6) is 0 Å². The van der Waals surface area contributed by atoms with Gasteiger partial charge < -0.3 is 10.2 Å². The lowest BCUT2D eigenvalue weighted by Crippen LogP contribution is -2.39. The van der Waals surface area contributed by atoms with Crippen molar-refractivity contribution in [2.75, 3.05) is 23.3 Å². The molecule has 0 unspecified atom stereocenters. The number of aromatic nitrogens is 3. The summed E-state index contributed by atoms with van der Waals surface area (Å²) in [6.45, 7) is 5.81. The quantitative estimate of drug-likeness (QED) is 0.938. The number of nitrogens with zero attached hydrogens (tertiary/aromatic N) is 5. The highest BCUT2D eigenvalue weighted by Gasteiger charge is 2.21. The first kappa shape index (κ1) is 15.2. The number of piperidine rings is 1. The van der Waals surface area contributed by atoms with Crippen molar-refractivity contribution in [3.63, 3.8) is 0 Å². The zero-order valence-electron chi connectivity index (χ0n) is 13.5. The fourth-order valence-electron chi connectivity index (χ4n) is 2.76. The topological polar surface area (TPSA) is 77.7 Å². The van der Waals surface area contributed by atoms with Crippen LogP contribution in [0.1, 0.15) is 29.8 Å². The molecule has 0 atom stereocenters. The zero-order chi connectivity index (χ0) is 16.2. The van der Waals surface area contributed by atoms with E-state index in [2.05, 4.69) is 31.2 Å². The SMILES string of the molecule is Cc1cnc(C)c(NC2CCN(c3ccc(C#N)cn3)CC2)n1. The van der Waals surface area contributed by atoms with E-state index in [4.69, 9.17) is 5.26 Å². The van der Waals surface area contributed by atoms with Gasteiger partial charge in [-0.1, -0.05) is 0 Å². The largest absolute Gasteiger partial charge is 0.366 e. The maximum Gasteiger partial charge on any atom is 0.147 e. The van der Waals surface area contributed by atoms with Crippen molar-refractivity contribution < 1.29 is 0 Å². The summed E-state index contributed by atoms with van der Waals surface area (Å²) in [7, 11) is 0. The van der Waals surface area contributed by atoms with Gasteiger partial charge >= 0.3 is 0 Å². The highest BCUT2D eigenvalue weighted by molar-refractivity contribution is 5.44. The third kappa shape index (κ3) is 3.57. The Labute approximate surface area is 136 Å². The highest BCUT2D eigenvalue weighted by atomic mass is 15.2. The molecule has 0 spiro atoms. The molecule has 0 amide bonds. The van der Waals surface area contributed by atoms with Crippen molar-refractivity contribution in [2.24, 2.45) is 0 Å². The molecule has 6 heteroatoms. The Kier molecular flexibility index (Phi) is 4.38. The standard InChI is InChI=1S/C17H20N6/c1-12-10-19-13(2)17(21-12)22-15-5-7-23(8-6-15)16-4-3-14(9-18)11-20-16/h3-4,10-11,15H,5-8H2,1-2H3,(H,21,22). The highest BCUT2D eigenvalue weighted by Crippen LogP contribution is 2.21. The monoisotopic (exact) mass is 308 g/mol. The number of hydrogen-bond acceptors (Lipinski definition) is 6. The number of pyridine rings is 1. The second kappa shape index (κ2) is 6.61. The van der Waals surface area contributed by atoms with E-state index in [-0.39, 0.29) is 0 Å². The van der Waals surface area contributed by atoms with Gasteiger partial charge in [0, 0.05) is 31.5 Å². The maximum absolute atomic E-state index is 8.83. The fraction of sp³-hybridized carbons (Fsp3) is 0.412. The molecule has 23 heavy (non-hydrogen) atoms. The molecule has 0 radical (unpaired) electrons. The van der Waals surface area contributed by atoms with E-state index < -0.39 is 0 Å². The molecule has 1 aliphatic rings. The Morgan fingerprint density at radius 1 is 1.17 bits per heavy atom. The average molecular weight is 308 g/mol. The Morgan fingerprint density at radius 3 is 2.61 bits per heavy atom. The Bertz CT molecular complexity index is 711. The molecule has 0 aromatic carbocycles. The van der Waals surface area contributed by atoms with Gasteiger partial charge in [-0.05, 0) is 38.8 Å². The first-order chi connectivity index (χ1) is 11.2. The lowest BCUT2D eigenvalue weighted by atomic mass is 10.0. The second-order valence-electron chi connectivity index (χ2n) is 5.87. The first-order valence-corrected chi connectivity index (χ1v) is 7.83. The van der Waals surface area contributed by atoms with Gasteiger partial charge in [0.25, 0.3) is 0 Å². The van der Waals surface area contributed by atoms with Crippen LogP contribution in [-0.4, -0.2) is 34.1 Å². The third-order valence-electron chi connectivity index (χ3n) is 4.11. The number of anilines is 2. The van der Waals surface area contributed by atoms with Gasteiger partial charge in [0.2, 0.25) is 0 Å². The molecule has 0 bridgehead atoms. The van der Waals surface area contributed by atoms with Crippen LogP contribution in [0.15, 0.2) is 24.5 Å². The van der Waals surface area contributed by atoms with Gasteiger partial charge in [-0.15, -0.1) is 0 Å². The van der Waals surface area contributed by atoms with Crippen molar-refractivity contribution in [2.45, 2.75) is 32.7 Å². The van der Waals surface area contributed by atoms with E-state index in [0.29, 0.717) is 11.6 Å². The molecule has 1 fully saturated rings. The smallest absolute Gasteiger partial charge is 0.147 e. The number of aryl methyl sites for hydroxylation is 2. The van der Waals surface area contributed by atoms with Crippen molar-refractivity contribution in [1.29, 1.82) is 5.26 Å².